The summed E-state index contributed by atoms with van der Waals surface area (Å²) in [7, 11) is 1.38. The van der Waals surface area contributed by atoms with Crippen LogP contribution in [-0.2, 0) is 30.7 Å². The van der Waals surface area contributed by atoms with Crippen molar-refractivity contribution in [2.45, 2.75) is 19.2 Å². The predicted octanol–water partition coefficient (Wildman–Crippen LogP) is -2.20. The Hall–Kier alpha value is -3.29. The monoisotopic (exact) mass is 400 g/mol. The minimum atomic E-state index is -1.50. The molecule has 13 nitrogen and oxygen atoms in total. The van der Waals surface area contributed by atoms with Gasteiger partial charge in [-0.25, -0.2) is 9.59 Å². The summed E-state index contributed by atoms with van der Waals surface area (Å²) >= 11 is 0. The SMILES string of the molecule is CONOCCNC(=O)c1ccc[n+](COC(=O)NC(CC(N)=O)C(=O)O)c1. The fraction of sp³-hybridized carbons (Fsp3) is 0.400. The van der Waals surface area contributed by atoms with Crippen molar-refractivity contribution < 1.29 is 43.3 Å². The molecule has 0 spiro atoms. The lowest BCUT2D eigenvalue weighted by molar-refractivity contribution is -0.727. The van der Waals surface area contributed by atoms with Crippen LogP contribution >= 0.6 is 0 Å². The first kappa shape index (κ1) is 22.8. The molecule has 0 aliphatic heterocycles. The van der Waals surface area contributed by atoms with Gasteiger partial charge < -0.3 is 26.2 Å². The Bertz CT molecular complexity index is 699. The average molecular weight is 400 g/mol. The van der Waals surface area contributed by atoms with Gasteiger partial charge in [0.25, 0.3) is 12.6 Å². The second-order valence-electron chi connectivity index (χ2n) is 5.27. The lowest BCUT2D eigenvalue weighted by atomic mass is 10.2. The van der Waals surface area contributed by atoms with Crippen molar-refractivity contribution >= 4 is 23.9 Å². The van der Waals surface area contributed by atoms with E-state index in [0.29, 0.717) is 5.56 Å². The fourth-order valence-electron chi connectivity index (χ4n) is 1.87. The normalized spacial score (nSPS) is 11.3. The van der Waals surface area contributed by atoms with Crippen molar-refractivity contribution in [3.63, 3.8) is 0 Å². The lowest BCUT2D eigenvalue weighted by Gasteiger charge is -2.11. The number of nitrogens with zero attached hydrogens (tertiary/aromatic N) is 1. The van der Waals surface area contributed by atoms with Crippen LogP contribution in [0.2, 0.25) is 0 Å². The number of nitrogens with two attached hydrogens (primary N) is 1. The third-order valence-electron chi connectivity index (χ3n) is 3.09. The molecular weight excluding hydrogens is 378 g/mol. The Morgan fingerprint density at radius 1 is 1.32 bits per heavy atom. The molecule has 0 aromatic carbocycles. The second-order valence-corrected chi connectivity index (χ2v) is 5.27. The number of rotatable bonds is 12. The highest BCUT2D eigenvalue weighted by atomic mass is 16.9. The van der Waals surface area contributed by atoms with Crippen molar-refractivity contribution in [3.8, 4) is 0 Å². The summed E-state index contributed by atoms with van der Waals surface area (Å²) in [4.78, 5) is 54.8. The van der Waals surface area contributed by atoms with Gasteiger partial charge in [-0.2, -0.15) is 4.57 Å². The minimum absolute atomic E-state index is 0.172. The first-order valence-corrected chi connectivity index (χ1v) is 7.95. The highest BCUT2D eigenvalue weighted by Gasteiger charge is 2.23. The molecule has 6 N–H and O–H groups in total. The molecule has 0 bridgehead atoms. The molecule has 1 rings (SSSR count). The number of pyridine rings is 1. The van der Waals surface area contributed by atoms with E-state index in [2.05, 4.69) is 15.8 Å². The summed E-state index contributed by atoms with van der Waals surface area (Å²) in [5.74, 6) is -2.69. The van der Waals surface area contributed by atoms with Gasteiger partial charge in [0.2, 0.25) is 5.91 Å². The number of carboxylic acid groups (broad SMARTS) is 1. The van der Waals surface area contributed by atoms with Gasteiger partial charge in [-0.15, -0.1) is 0 Å². The van der Waals surface area contributed by atoms with Crippen LogP contribution in [-0.4, -0.2) is 55.3 Å². The molecule has 1 atom stereocenters. The van der Waals surface area contributed by atoms with E-state index < -0.39 is 30.4 Å². The van der Waals surface area contributed by atoms with E-state index in [-0.39, 0.29) is 25.8 Å². The topological polar surface area (TPSA) is 182 Å². The number of aliphatic carboxylic acids is 1. The molecule has 1 aromatic heterocycles. The molecule has 13 heteroatoms. The van der Waals surface area contributed by atoms with Gasteiger partial charge >= 0.3 is 12.1 Å². The summed E-state index contributed by atoms with van der Waals surface area (Å²) in [5.41, 5.74) is 7.37. The van der Waals surface area contributed by atoms with Gasteiger partial charge in [0.1, 0.15) is 11.6 Å². The van der Waals surface area contributed by atoms with Crippen LogP contribution in [0.4, 0.5) is 4.79 Å². The number of aromatic nitrogens is 1. The van der Waals surface area contributed by atoms with Crippen LogP contribution < -0.4 is 26.6 Å². The van der Waals surface area contributed by atoms with E-state index in [4.69, 9.17) is 20.4 Å². The number of nitrogens with one attached hydrogen (secondary N) is 3. The molecule has 3 amide bonds. The Morgan fingerprint density at radius 2 is 2.07 bits per heavy atom. The van der Waals surface area contributed by atoms with Crippen LogP contribution in [0.1, 0.15) is 16.8 Å². The van der Waals surface area contributed by atoms with E-state index in [1.165, 1.54) is 24.1 Å². The first-order valence-electron chi connectivity index (χ1n) is 7.95. The molecule has 0 aliphatic carbocycles. The van der Waals surface area contributed by atoms with Crippen LogP contribution in [0, 0.1) is 0 Å². The number of ether oxygens (including phenoxy) is 1. The first-order chi connectivity index (χ1) is 13.3. The number of amides is 3. The lowest BCUT2D eigenvalue weighted by Crippen LogP contribution is -2.45. The molecule has 0 saturated carbocycles. The van der Waals surface area contributed by atoms with Crippen molar-refractivity contribution in [2.75, 3.05) is 20.3 Å². The van der Waals surface area contributed by atoms with E-state index in [9.17, 15) is 19.2 Å². The zero-order chi connectivity index (χ0) is 20.9. The molecular formula is C15H22N5O8+. The Labute approximate surface area is 159 Å². The molecule has 154 valence electrons. The zero-order valence-corrected chi connectivity index (χ0v) is 15.0. The quantitative estimate of drug-likeness (QED) is 0.148. The highest BCUT2D eigenvalue weighted by Crippen LogP contribution is 1.96. The van der Waals surface area contributed by atoms with Crippen LogP contribution in [0.15, 0.2) is 24.5 Å². The van der Waals surface area contributed by atoms with Gasteiger partial charge in [0.05, 0.1) is 20.1 Å². The van der Waals surface area contributed by atoms with Gasteiger partial charge in [0.15, 0.2) is 12.4 Å². The number of hydrogen-bond acceptors (Lipinski definition) is 8. The third kappa shape index (κ3) is 8.88. The maximum absolute atomic E-state index is 12.0. The second kappa shape index (κ2) is 12.2. The minimum Gasteiger partial charge on any atom is -0.480 e. The summed E-state index contributed by atoms with van der Waals surface area (Å²) in [6, 6.07) is 1.61. The predicted molar refractivity (Wildman–Crippen MR) is 89.9 cm³/mol. The smallest absolute Gasteiger partial charge is 0.412 e. The summed E-state index contributed by atoms with van der Waals surface area (Å²) in [6.07, 6.45) is 1.33. The Balaban J connectivity index is 2.51. The van der Waals surface area contributed by atoms with Gasteiger partial charge in [-0.05, 0) is 6.07 Å². The van der Waals surface area contributed by atoms with Crippen LogP contribution in [0.3, 0.4) is 0 Å². The van der Waals surface area contributed by atoms with E-state index in [1.54, 1.807) is 12.1 Å². The summed E-state index contributed by atoms with van der Waals surface area (Å²) in [6.45, 7) is 0.0991. The summed E-state index contributed by atoms with van der Waals surface area (Å²) in [5, 5.41) is 13.5. The van der Waals surface area contributed by atoms with Gasteiger partial charge in [-0.1, -0.05) is 5.64 Å². The maximum atomic E-state index is 12.0. The molecule has 0 saturated heterocycles. The molecule has 1 aromatic rings. The van der Waals surface area contributed by atoms with Crippen LogP contribution in [0.5, 0.6) is 0 Å². The molecule has 0 radical (unpaired) electrons. The number of primary amides is 1. The number of carbonyl (C=O) groups excluding carboxylic acids is 3. The van der Waals surface area contributed by atoms with Crippen molar-refractivity contribution in [1.82, 2.24) is 16.3 Å². The molecule has 1 unspecified atom stereocenters. The third-order valence-corrected chi connectivity index (χ3v) is 3.09. The van der Waals surface area contributed by atoms with Crippen molar-refractivity contribution in [2.24, 2.45) is 5.73 Å². The molecule has 28 heavy (non-hydrogen) atoms. The number of alkyl carbamates (subject to hydrolysis) is 1. The van der Waals surface area contributed by atoms with Crippen LogP contribution in [0.25, 0.3) is 0 Å². The number of hydrogen-bond donors (Lipinski definition) is 5. The fourth-order valence-corrected chi connectivity index (χ4v) is 1.87. The zero-order valence-electron chi connectivity index (χ0n) is 15.0. The average Bonchev–Trinajstić information content (AvgIpc) is 2.65. The Morgan fingerprint density at radius 3 is 2.71 bits per heavy atom. The maximum Gasteiger partial charge on any atom is 0.412 e. The highest BCUT2D eigenvalue weighted by molar-refractivity contribution is 5.93. The van der Waals surface area contributed by atoms with E-state index in [1.807, 2.05) is 5.32 Å². The molecule has 0 aliphatic rings. The van der Waals surface area contributed by atoms with Gasteiger partial charge in [-0.3, -0.25) is 19.3 Å². The summed E-state index contributed by atoms with van der Waals surface area (Å²) < 4.78 is 6.26. The van der Waals surface area contributed by atoms with Gasteiger partial charge in [0, 0.05) is 12.6 Å². The van der Waals surface area contributed by atoms with Crippen molar-refractivity contribution in [3.05, 3.63) is 30.1 Å². The molecule has 0 fully saturated rings. The molecule has 1 heterocycles. The number of carbonyl (C=O) groups is 4. The van der Waals surface area contributed by atoms with Crippen molar-refractivity contribution in [1.29, 1.82) is 0 Å². The number of carboxylic acids is 1. The Kier molecular flexibility index (Phi) is 9.88. The largest absolute Gasteiger partial charge is 0.480 e. The van der Waals surface area contributed by atoms with E-state index >= 15 is 0 Å². The van der Waals surface area contributed by atoms with E-state index in [0.717, 1.165) is 0 Å². The standard InChI is InChI=1S/C15H21N5O8/c1-26-19-28-6-4-17-13(22)10-3-2-5-20(8-10)9-27-15(25)18-11(14(23)24)7-12(16)21/h2-3,5,8,11,19H,4,6-7,9H2,1H3,(H4-,16,17,18,21,22,23,24,25)/p+1.